The molecule has 0 bridgehead atoms. The summed E-state index contributed by atoms with van der Waals surface area (Å²) in [6, 6.07) is 5.12. The molecule has 21 heavy (non-hydrogen) atoms. The van der Waals surface area contributed by atoms with Crippen molar-refractivity contribution < 1.29 is 9.32 Å². The third-order valence-electron chi connectivity index (χ3n) is 2.89. The molecular weight excluding hydrogens is 331 g/mol. The average Bonchev–Trinajstić information content (AvgIpc) is 2.75. The summed E-state index contributed by atoms with van der Waals surface area (Å²) in [5.74, 6) is 1.65. The van der Waals surface area contributed by atoms with Crippen molar-refractivity contribution in [3.63, 3.8) is 0 Å². The lowest BCUT2D eigenvalue weighted by Gasteiger charge is -2.08. The number of thioether (sulfide) groups is 1. The van der Waals surface area contributed by atoms with E-state index in [0.717, 1.165) is 17.0 Å². The van der Waals surface area contributed by atoms with Gasteiger partial charge < -0.3 is 9.84 Å². The molecule has 1 aromatic heterocycles. The lowest BCUT2D eigenvalue weighted by molar-refractivity contribution is -0.113. The molecule has 0 aliphatic heterocycles. The molecule has 0 fully saturated rings. The number of nitrogens with one attached hydrogen (secondary N) is 1. The van der Waals surface area contributed by atoms with Gasteiger partial charge in [-0.05, 0) is 26.0 Å². The molecule has 0 atom stereocenters. The first kappa shape index (κ1) is 16.2. The zero-order valence-corrected chi connectivity index (χ0v) is 13.9. The number of halogens is 2. The van der Waals surface area contributed by atoms with Crippen molar-refractivity contribution in [1.29, 1.82) is 0 Å². The maximum absolute atomic E-state index is 11.9. The van der Waals surface area contributed by atoms with Crippen LogP contribution < -0.4 is 5.32 Å². The second-order valence-electron chi connectivity index (χ2n) is 4.45. The Labute approximate surface area is 137 Å². The van der Waals surface area contributed by atoms with Gasteiger partial charge in [-0.25, -0.2) is 0 Å². The van der Waals surface area contributed by atoms with E-state index in [-0.39, 0.29) is 5.91 Å². The van der Waals surface area contributed by atoms with E-state index in [1.807, 2.05) is 13.8 Å². The summed E-state index contributed by atoms with van der Waals surface area (Å²) in [6.07, 6.45) is 0. The number of nitrogens with zero attached hydrogens (tertiary/aromatic N) is 1. The van der Waals surface area contributed by atoms with E-state index in [1.54, 1.807) is 18.2 Å². The predicted octanol–water partition coefficient (Wildman–Crippen LogP) is 4.47. The number of benzene rings is 1. The number of hydrogen-bond acceptors (Lipinski definition) is 4. The Balaban J connectivity index is 1.87. The van der Waals surface area contributed by atoms with E-state index in [1.165, 1.54) is 11.8 Å². The first-order chi connectivity index (χ1) is 9.99. The van der Waals surface area contributed by atoms with Gasteiger partial charge in [-0.1, -0.05) is 34.4 Å². The fourth-order valence-corrected chi connectivity index (χ4v) is 3.06. The Kier molecular flexibility index (Phi) is 5.56. The highest BCUT2D eigenvalue weighted by atomic mass is 35.5. The Morgan fingerprint density at radius 3 is 2.81 bits per heavy atom. The number of aromatic nitrogens is 1. The van der Waals surface area contributed by atoms with E-state index in [9.17, 15) is 4.79 Å². The lowest BCUT2D eigenvalue weighted by Crippen LogP contribution is -2.14. The van der Waals surface area contributed by atoms with Gasteiger partial charge in [0.25, 0.3) is 0 Å². The highest BCUT2D eigenvalue weighted by molar-refractivity contribution is 7.99. The molecule has 0 saturated heterocycles. The highest BCUT2D eigenvalue weighted by Crippen LogP contribution is 2.29. The highest BCUT2D eigenvalue weighted by Gasteiger charge is 2.11. The lowest BCUT2D eigenvalue weighted by atomic mass is 10.2. The summed E-state index contributed by atoms with van der Waals surface area (Å²) in [7, 11) is 0. The van der Waals surface area contributed by atoms with Crippen LogP contribution in [0.25, 0.3) is 0 Å². The minimum atomic E-state index is -0.129. The average molecular weight is 345 g/mol. The minimum absolute atomic E-state index is 0.129. The maximum Gasteiger partial charge on any atom is 0.234 e. The van der Waals surface area contributed by atoms with Gasteiger partial charge in [0.15, 0.2) is 0 Å². The van der Waals surface area contributed by atoms with Gasteiger partial charge >= 0.3 is 0 Å². The molecule has 2 rings (SSSR count). The summed E-state index contributed by atoms with van der Waals surface area (Å²) in [6.45, 7) is 3.75. The largest absolute Gasteiger partial charge is 0.361 e. The van der Waals surface area contributed by atoms with E-state index < -0.39 is 0 Å². The van der Waals surface area contributed by atoms with E-state index in [4.69, 9.17) is 27.7 Å². The van der Waals surface area contributed by atoms with Crippen LogP contribution in [0.2, 0.25) is 10.0 Å². The predicted molar refractivity (Wildman–Crippen MR) is 87.2 cm³/mol. The molecule has 112 valence electrons. The zero-order chi connectivity index (χ0) is 15.4. The number of amides is 1. The summed E-state index contributed by atoms with van der Waals surface area (Å²) in [5, 5.41) is 7.39. The summed E-state index contributed by atoms with van der Waals surface area (Å²) < 4.78 is 5.08. The van der Waals surface area contributed by atoms with Crippen molar-refractivity contribution in [2.45, 2.75) is 19.6 Å². The second-order valence-corrected chi connectivity index (χ2v) is 6.22. The standard InChI is InChI=1S/C14H14Cl2N2O2S/c1-8-10(9(2)20-18-8)6-21-7-13(19)17-12-5-3-4-11(15)14(12)16/h3-5H,6-7H2,1-2H3,(H,17,19). The van der Waals surface area contributed by atoms with Crippen LogP contribution in [-0.2, 0) is 10.5 Å². The first-order valence-corrected chi connectivity index (χ1v) is 8.13. The van der Waals surface area contributed by atoms with Gasteiger partial charge in [-0.3, -0.25) is 4.79 Å². The normalized spacial score (nSPS) is 10.7. The monoisotopic (exact) mass is 344 g/mol. The van der Waals surface area contributed by atoms with Crippen molar-refractivity contribution in [2.75, 3.05) is 11.1 Å². The number of rotatable bonds is 5. The van der Waals surface area contributed by atoms with Gasteiger partial charge in [0.2, 0.25) is 5.91 Å². The van der Waals surface area contributed by atoms with Crippen LogP contribution in [0.4, 0.5) is 5.69 Å². The summed E-state index contributed by atoms with van der Waals surface area (Å²) >= 11 is 13.4. The number of hydrogen-bond donors (Lipinski definition) is 1. The van der Waals surface area contributed by atoms with Crippen LogP contribution in [0, 0.1) is 13.8 Å². The Morgan fingerprint density at radius 1 is 1.38 bits per heavy atom. The molecule has 1 aromatic carbocycles. The molecule has 2 aromatic rings. The van der Waals surface area contributed by atoms with Crippen LogP contribution in [-0.4, -0.2) is 16.8 Å². The fourth-order valence-electron chi connectivity index (χ4n) is 1.74. The molecule has 0 aliphatic carbocycles. The number of anilines is 1. The molecule has 1 N–H and O–H groups in total. The topological polar surface area (TPSA) is 55.1 Å². The Bertz CT molecular complexity index is 639. The number of aryl methyl sites for hydroxylation is 2. The number of carbonyl (C=O) groups is 1. The molecule has 0 unspecified atom stereocenters. The molecule has 0 spiro atoms. The summed E-state index contributed by atoms with van der Waals surface area (Å²) in [5.41, 5.74) is 2.42. The second kappa shape index (κ2) is 7.20. The van der Waals surface area contributed by atoms with Crippen LogP contribution in [0.1, 0.15) is 17.0 Å². The SMILES string of the molecule is Cc1noc(C)c1CSCC(=O)Nc1cccc(Cl)c1Cl. The van der Waals surface area contributed by atoms with Gasteiger partial charge in [0, 0.05) is 11.3 Å². The van der Waals surface area contributed by atoms with E-state index >= 15 is 0 Å². The van der Waals surface area contributed by atoms with Gasteiger partial charge in [0.1, 0.15) is 5.76 Å². The molecule has 0 aliphatic rings. The van der Waals surface area contributed by atoms with Crippen LogP contribution in [0.3, 0.4) is 0 Å². The Morgan fingerprint density at radius 2 is 2.14 bits per heavy atom. The van der Waals surface area contributed by atoms with Crippen molar-refractivity contribution >= 4 is 46.6 Å². The van der Waals surface area contributed by atoms with Crippen LogP contribution in [0.5, 0.6) is 0 Å². The fraction of sp³-hybridized carbons (Fsp3) is 0.286. The van der Waals surface area contributed by atoms with Gasteiger partial charge in [-0.2, -0.15) is 0 Å². The van der Waals surface area contributed by atoms with Crippen LogP contribution >= 0.6 is 35.0 Å². The van der Waals surface area contributed by atoms with Crippen molar-refractivity contribution in [1.82, 2.24) is 5.16 Å². The minimum Gasteiger partial charge on any atom is -0.361 e. The van der Waals surface area contributed by atoms with Crippen LogP contribution in [0.15, 0.2) is 22.7 Å². The molecule has 0 saturated carbocycles. The third-order valence-corrected chi connectivity index (χ3v) is 4.66. The summed E-state index contributed by atoms with van der Waals surface area (Å²) in [4.78, 5) is 11.9. The van der Waals surface area contributed by atoms with Crippen molar-refractivity contribution in [2.24, 2.45) is 0 Å². The first-order valence-electron chi connectivity index (χ1n) is 6.22. The number of carbonyl (C=O) groups excluding carboxylic acids is 1. The van der Waals surface area contributed by atoms with Crippen molar-refractivity contribution in [3.05, 3.63) is 45.3 Å². The molecular formula is C14H14Cl2N2O2S. The smallest absolute Gasteiger partial charge is 0.234 e. The maximum atomic E-state index is 11.9. The van der Waals surface area contributed by atoms with E-state index in [2.05, 4.69) is 10.5 Å². The molecule has 7 heteroatoms. The zero-order valence-electron chi connectivity index (χ0n) is 11.6. The van der Waals surface area contributed by atoms with Gasteiger partial charge in [-0.15, -0.1) is 11.8 Å². The molecule has 4 nitrogen and oxygen atoms in total. The molecule has 1 heterocycles. The quantitative estimate of drug-likeness (QED) is 0.869. The molecule has 1 amide bonds. The third kappa shape index (κ3) is 4.15. The Hall–Kier alpha value is -1.17. The molecule has 0 radical (unpaired) electrons. The van der Waals surface area contributed by atoms with E-state index in [0.29, 0.717) is 27.2 Å². The van der Waals surface area contributed by atoms with Crippen molar-refractivity contribution in [3.8, 4) is 0 Å². The van der Waals surface area contributed by atoms with Gasteiger partial charge in [0.05, 0.1) is 27.2 Å².